The second-order valence-electron chi connectivity index (χ2n) is 5.36. The fourth-order valence-corrected chi connectivity index (χ4v) is 2.26. The van der Waals surface area contributed by atoms with Gasteiger partial charge in [-0.1, -0.05) is 12.1 Å². The van der Waals surface area contributed by atoms with Crippen LogP contribution in [0.1, 0.15) is 16.8 Å². The molecule has 1 N–H and O–H groups in total. The van der Waals surface area contributed by atoms with E-state index in [1.807, 2.05) is 6.07 Å². The van der Waals surface area contributed by atoms with Gasteiger partial charge in [-0.2, -0.15) is 18.4 Å². The molecular weight excluding hydrogens is 343 g/mol. The van der Waals surface area contributed by atoms with E-state index >= 15 is 0 Å². The molecule has 0 aliphatic carbocycles. The molecule has 3 rings (SSSR count). The largest absolute Gasteiger partial charge is 0.433 e. The van der Waals surface area contributed by atoms with Gasteiger partial charge in [0.25, 0.3) is 0 Å². The van der Waals surface area contributed by atoms with Gasteiger partial charge in [0.1, 0.15) is 5.82 Å². The molecule has 0 aliphatic rings. The van der Waals surface area contributed by atoms with E-state index in [9.17, 15) is 13.2 Å². The van der Waals surface area contributed by atoms with Crippen molar-refractivity contribution in [2.75, 3.05) is 5.32 Å². The first-order valence-corrected chi connectivity index (χ1v) is 7.55. The van der Waals surface area contributed by atoms with E-state index in [2.05, 4.69) is 20.3 Å². The number of nitriles is 1. The van der Waals surface area contributed by atoms with E-state index < -0.39 is 11.9 Å². The number of halogens is 3. The summed E-state index contributed by atoms with van der Waals surface area (Å²) >= 11 is 0. The molecule has 1 aromatic carbocycles. The molecule has 8 heteroatoms. The average Bonchev–Trinajstić information content (AvgIpc) is 2.66. The Morgan fingerprint density at radius 3 is 2.50 bits per heavy atom. The SMILES string of the molecule is N#Cc1cccc(CNc2cc(C(F)(F)F)nc(-c3ccncc3)n2)c1. The summed E-state index contributed by atoms with van der Waals surface area (Å²) in [6.07, 6.45) is -1.68. The van der Waals surface area contributed by atoms with Crippen LogP contribution < -0.4 is 5.32 Å². The number of hydrogen-bond donors (Lipinski definition) is 1. The van der Waals surface area contributed by atoms with E-state index in [0.29, 0.717) is 11.1 Å². The number of benzene rings is 1. The van der Waals surface area contributed by atoms with Gasteiger partial charge in [-0.05, 0) is 29.8 Å². The second-order valence-corrected chi connectivity index (χ2v) is 5.36. The van der Waals surface area contributed by atoms with Crippen LogP contribution in [0.2, 0.25) is 0 Å². The molecule has 0 saturated heterocycles. The van der Waals surface area contributed by atoms with Gasteiger partial charge in [-0.25, -0.2) is 9.97 Å². The van der Waals surface area contributed by atoms with Crippen molar-refractivity contribution >= 4 is 5.82 Å². The van der Waals surface area contributed by atoms with E-state index in [4.69, 9.17) is 5.26 Å². The first-order chi connectivity index (χ1) is 12.5. The number of aromatic nitrogens is 3. The maximum absolute atomic E-state index is 13.2. The Balaban J connectivity index is 1.92. The van der Waals surface area contributed by atoms with Crippen molar-refractivity contribution in [1.82, 2.24) is 15.0 Å². The number of anilines is 1. The standard InChI is InChI=1S/C18H12F3N5/c19-18(20,21)15-9-16(24-11-13-3-1-2-12(8-13)10-22)26-17(25-15)14-4-6-23-7-5-14/h1-9H,11H2,(H,24,25,26). The molecule has 0 amide bonds. The lowest BCUT2D eigenvalue weighted by Gasteiger charge is -2.12. The summed E-state index contributed by atoms with van der Waals surface area (Å²) in [6.45, 7) is 0.222. The van der Waals surface area contributed by atoms with Crippen molar-refractivity contribution in [1.29, 1.82) is 5.26 Å². The molecule has 0 radical (unpaired) electrons. The van der Waals surface area contributed by atoms with Crippen LogP contribution in [-0.2, 0) is 12.7 Å². The Hall–Kier alpha value is -3.47. The molecule has 0 saturated carbocycles. The Morgan fingerprint density at radius 2 is 1.81 bits per heavy atom. The first kappa shape index (κ1) is 17.4. The van der Waals surface area contributed by atoms with Crippen LogP contribution in [0.15, 0.2) is 54.9 Å². The maximum atomic E-state index is 13.2. The molecule has 2 aromatic heterocycles. The third-order valence-corrected chi connectivity index (χ3v) is 3.48. The maximum Gasteiger partial charge on any atom is 0.433 e. The van der Waals surface area contributed by atoms with Gasteiger partial charge in [-0.3, -0.25) is 4.98 Å². The highest BCUT2D eigenvalue weighted by Crippen LogP contribution is 2.30. The third kappa shape index (κ3) is 4.13. The Labute approximate surface area is 147 Å². The quantitative estimate of drug-likeness (QED) is 0.764. The van der Waals surface area contributed by atoms with E-state index in [1.54, 1.807) is 24.3 Å². The van der Waals surface area contributed by atoms with Gasteiger partial charge in [-0.15, -0.1) is 0 Å². The van der Waals surface area contributed by atoms with E-state index in [-0.39, 0.29) is 18.2 Å². The van der Waals surface area contributed by atoms with Crippen molar-refractivity contribution < 1.29 is 13.2 Å². The van der Waals surface area contributed by atoms with Gasteiger partial charge in [0.05, 0.1) is 11.6 Å². The smallest absolute Gasteiger partial charge is 0.366 e. The summed E-state index contributed by atoms with van der Waals surface area (Å²) in [7, 11) is 0. The van der Waals surface area contributed by atoms with Crippen molar-refractivity contribution in [3.63, 3.8) is 0 Å². The summed E-state index contributed by atoms with van der Waals surface area (Å²) in [4.78, 5) is 11.6. The molecule has 0 fully saturated rings. The molecule has 2 heterocycles. The molecule has 0 aliphatic heterocycles. The molecule has 26 heavy (non-hydrogen) atoms. The molecule has 3 aromatic rings. The molecule has 0 atom stereocenters. The Morgan fingerprint density at radius 1 is 1.04 bits per heavy atom. The van der Waals surface area contributed by atoms with Gasteiger partial charge in [0.2, 0.25) is 0 Å². The highest BCUT2D eigenvalue weighted by atomic mass is 19.4. The summed E-state index contributed by atoms with van der Waals surface area (Å²) in [6, 6.07) is 12.7. The summed E-state index contributed by atoms with van der Waals surface area (Å²) in [5.74, 6) is -0.00278. The number of nitrogens with one attached hydrogen (secondary N) is 1. The van der Waals surface area contributed by atoms with E-state index in [1.165, 1.54) is 24.5 Å². The zero-order chi connectivity index (χ0) is 18.6. The second kappa shape index (κ2) is 7.19. The predicted octanol–water partition coefficient (Wildman–Crippen LogP) is 4.04. The highest BCUT2D eigenvalue weighted by molar-refractivity contribution is 5.57. The normalized spacial score (nSPS) is 11.0. The van der Waals surface area contributed by atoms with Crippen LogP contribution in [0.25, 0.3) is 11.4 Å². The fraction of sp³-hybridized carbons (Fsp3) is 0.111. The van der Waals surface area contributed by atoms with Gasteiger partial charge in [0.15, 0.2) is 11.5 Å². The number of alkyl halides is 3. The zero-order valence-electron chi connectivity index (χ0n) is 13.3. The minimum Gasteiger partial charge on any atom is -0.366 e. The van der Waals surface area contributed by atoms with Crippen LogP contribution in [0.3, 0.4) is 0 Å². The summed E-state index contributed by atoms with van der Waals surface area (Å²) < 4.78 is 39.5. The van der Waals surface area contributed by atoms with Crippen molar-refractivity contribution in [3.05, 3.63) is 71.7 Å². The molecule has 130 valence electrons. The number of pyridine rings is 1. The highest BCUT2D eigenvalue weighted by Gasteiger charge is 2.33. The predicted molar refractivity (Wildman–Crippen MR) is 88.7 cm³/mol. The molecule has 0 bridgehead atoms. The van der Waals surface area contributed by atoms with Crippen LogP contribution >= 0.6 is 0 Å². The van der Waals surface area contributed by atoms with Crippen LogP contribution in [0.4, 0.5) is 19.0 Å². The molecule has 0 spiro atoms. The van der Waals surface area contributed by atoms with Crippen LogP contribution in [0, 0.1) is 11.3 Å². The lowest BCUT2D eigenvalue weighted by molar-refractivity contribution is -0.141. The van der Waals surface area contributed by atoms with E-state index in [0.717, 1.165) is 11.6 Å². The third-order valence-electron chi connectivity index (χ3n) is 3.48. The Kier molecular flexibility index (Phi) is 4.80. The first-order valence-electron chi connectivity index (χ1n) is 7.55. The van der Waals surface area contributed by atoms with Crippen LogP contribution in [-0.4, -0.2) is 15.0 Å². The monoisotopic (exact) mass is 355 g/mol. The topological polar surface area (TPSA) is 74.5 Å². The van der Waals surface area contributed by atoms with Gasteiger partial charge >= 0.3 is 6.18 Å². The molecular formula is C18H12F3N5. The van der Waals surface area contributed by atoms with Gasteiger partial charge in [0, 0.05) is 30.6 Å². The minimum atomic E-state index is -4.60. The minimum absolute atomic E-state index is 0.0431. The lowest BCUT2D eigenvalue weighted by Crippen LogP contribution is -2.12. The Bertz CT molecular complexity index is 949. The van der Waals surface area contributed by atoms with Crippen molar-refractivity contribution in [3.8, 4) is 17.5 Å². The molecule has 0 unspecified atom stereocenters. The summed E-state index contributed by atoms with van der Waals surface area (Å²) in [5.41, 5.74) is 0.621. The fourth-order valence-electron chi connectivity index (χ4n) is 2.26. The average molecular weight is 355 g/mol. The van der Waals surface area contributed by atoms with Crippen molar-refractivity contribution in [2.24, 2.45) is 0 Å². The van der Waals surface area contributed by atoms with Crippen LogP contribution in [0.5, 0.6) is 0 Å². The number of nitrogens with zero attached hydrogens (tertiary/aromatic N) is 4. The van der Waals surface area contributed by atoms with Gasteiger partial charge < -0.3 is 5.32 Å². The molecule has 5 nitrogen and oxygen atoms in total. The van der Waals surface area contributed by atoms with Crippen molar-refractivity contribution in [2.45, 2.75) is 12.7 Å². The zero-order valence-corrected chi connectivity index (χ0v) is 13.3. The summed E-state index contributed by atoms with van der Waals surface area (Å²) in [5, 5.41) is 11.8. The number of rotatable bonds is 4. The number of hydrogen-bond acceptors (Lipinski definition) is 5. The lowest BCUT2D eigenvalue weighted by atomic mass is 10.1.